The van der Waals surface area contributed by atoms with Crippen LogP contribution in [0, 0.1) is 11.8 Å². The Balaban J connectivity index is 2.46. The predicted octanol–water partition coefficient (Wildman–Crippen LogP) is 3.95. The number of hydrogen-bond acceptors (Lipinski definition) is 1. The first-order chi connectivity index (χ1) is 7.61. The van der Waals surface area contributed by atoms with Crippen LogP contribution in [0.4, 0.5) is 0 Å². The molecule has 0 heterocycles. The van der Waals surface area contributed by atoms with Crippen LogP contribution >= 0.6 is 0 Å². The van der Waals surface area contributed by atoms with E-state index in [-0.39, 0.29) is 11.8 Å². The quantitative estimate of drug-likeness (QED) is 0.728. The summed E-state index contributed by atoms with van der Waals surface area (Å²) in [6.45, 7) is 5.91. The van der Waals surface area contributed by atoms with Gasteiger partial charge in [0.1, 0.15) is 5.78 Å². The van der Waals surface area contributed by atoms with Gasteiger partial charge in [0.15, 0.2) is 0 Å². The summed E-state index contributed by atoms with van der Waals surface area (Å²) in [6, 6.07) is 10.2. The summed E-state index contributed by atoms with van der Waals surface area (Å²) in [5.41, 5.74) is 1.19. The first kappa shape index (κ1) is 12.7. The van der Waals surface area contributed by atoms with Gasteiger partial charge >= 0.3 is 0 Å². The molecule has 0 spiro atoms. The van der Waals surface area contributed by atoms with Crippen LogP contribution in [0.25, 0.3) is 6.08 Å². The highest BCUT2D eigenvalue weighted by atomic mass is 16.1. The Morgan fingerprint density at radius 1 is 1.19 bits per heavy atom. The third-order valence-corrected chi connectivity index (χ3v) is 2.65. The molecule has 0 N–H and O–H groups in total. The standard InChI is InChI=1S/C15H20O/c1-12(2)15(16)13(3)8-7-11-14-9-5-4-6-10-14/h4-7,9-13H,8H2,1-3H3/b11-7+. The number of benzene rings is 1. The molecule has 0 aromatic heterocycles. The maximum atomic E-state index is 11.7. The SMILES string of the molecule is CC(C)C(=O)C(C)C/C=C/c1ccccc1. The Bertz CT molecular complexity index is 349. The van der Waals surface area contributed by atoms with Gasteiger partial charge in [0.2, 0.25) is 0 Å². The molecule has 1 aromatic carbocycles. The van der Waals surface area contributed by atoms with E-state index in [0.717, 1.165) is 6.42 Å². The maximum Gasteiger partial charge on any atom is 0.138 e. The molecular weight excluding hydrogens is 196 g/mol. The zero-order valence-corrected chi connectivity index (χ0v) is 10.3. The van der Waals surface area contributed by atoms with Gasteiger partial charge < -0.3 is 0 Å². The van der Waals surface area contributed by atoms with Crippen LogP contribution in [0.2, 0.25) is 0 Å². The van der Waals surface area contributed by atoms with Crippen LogP contribution in [0.3, 0.4) is 0 Å². The molecule has 0 amide bonds. The minimum Gasteiger partial charge on any atom is -0.299 e. The average Bonchev–Trinajstić information content (AvgIpc) is 2.29. The number of Topliss-reactive ketones (excluding diaryl/α,β-unsaturated/α-hetero) is 1. The second kappa shape index (κ2) is 6.26. The fourth-order valence-corrected chi connectivity index (χ4v) is 1.66. The van der Waals surface area contributed by atoms with Crippen molar-refractivity contribution in [2.75, 3.05) is 0 Å². The molecule has 0 radical (unpaired) electrons. The normalized spacial score (nSPS) is 13.2. The molecule has 16 heavy (non-hydrogen) atoms. The lowest BCUT2D eigenvalue weighted by Crippen LogP contribution is -2.16. The van der Waals surface area contributed by atoms with Crippen LogP contribution < -0.4 is 0 Å². The van der Waals surface area contributed by atoms with E-state index < -0.39 is 0 Å². The monoisotopic (exact) mass is 216 g/mol. The summed E-state index contributed by atoms with van der Waals surface area (Å²) >= 11 is 0. The predicted molar refractivity (Wildman–Crippen MR) is 69.1 cm³/mol. The largest absolute Gasteiger partial charge is 0.299 e. The number of rotatable bonds is 5. The molecule has 0 saturated carbocycles. The number of ketones is 1. The summed E-state index contributed by atoms with van der Waals surface area (Å²) in [5.74, 6) is 0.609. The Labute approximate surface area is 98.2 Å². The average molecular weight is 216 g/mol. The number of allylic oxidation sites excluding steroid dienone is 1. The molecular formula is C15H20O. The minimum atomic E-state index is 0.125. The van der Waals surface area contributed by atoms with Gasteiger partial charge in [-0.15, -0.1) is 0 Å². The van der Waals surface area contributed by atoms with E-state index in [4.69, 9.17) is 0 Å². The van der Waals surface area contributed by atoms with E-state index >= 15 is 0 Å². The van der Waals surface area contributed by atoms with Crippen LogP contribution in [-0.4, -0.2) is 5.78 Å². The molecule has 1 rings (SSSR count). The molecule has 0 aliphatic heterocycles. The molecule has 1 heteroatoms. The van der Waals surface area contributed by atoms with Crippen molar-refractivity contribution in [1.82, 2.24) is 0 Å². The first-order valence-electron chi connectivity index (χ1n) is 5.86. The highest BCUT2D eigenvalue weighted by Gasteiger charge is 2.14. The topological polar surface area (TPSA) is 17.1 Å². The molecule has 0 saturated heterocycles. The second-order valence-corrected chi connectivity index (χ2v) is 4.51. The maximum absolute atomic E-state index is 11.7. The van der Waals surface area contributed by atoms with Crippen molar-refractivity contribution in [3.05, 3.63) is 42.0 Å². The van der Waals surface area contributed by atoms with Crippen molar-refractivity contribution in [3.63, 3.8) is 0 Å². The molecule has 86 valence electrons. The summed E-state index contributed by atoms with van der Waals surface area (Å²) in [5, 5.41) is 0. The molecule has 0 aliphatic carbocycles. The smallest absolute Gasteiger partial charge is 0.138 e. The molecule has 1 atom stereocenters. The van der Waals surface area contributed by atoms with E-state index in [2.05, 4.69) is 24.3 Å². The lowest BCUT2D eigenvalue weighted by Gasteiger charge is -2.10. The highest BCUT2D eigenvalue weighted by Crippen LogP contribution is 2.12. The van der Waals surface area contributed by atoms with Gasteiger partial charge in [0.25, 0.3) is 0 Å². The zero-order chi connectivity index (χ0) is 12.0. The lowest BCUT2D eigenvalue weighted by molar-refractivity contribution is -0.125. The van der Waals surface area contributed by atoms with Gasteiger partial charge in [0, 0.05) is 11.8 Å². The molecule has 0 fully saturated rings. The highest BCUT2D eigenvalue weighted by molar-refractivity contribution is 5.82. The van der Waals surface area contributed by atoms with Crippen molar-refractivity contribution in [3.8, 4) is 0 Å². The first-order valence-corrected chi connectivity index (χ1v) is 5.86. The Morgan fingerprint density at radius 3 is 2.38 bits per heavy atom. The Kier molecular flexibility index (Phi) is 4.97. The van der Waals surface area contributed by atoms with Crippen molar-refractivity contribution in [2.24, 2.45) is 11.8 Å². The zero-order valence-electron chi connectivity index (χ0n) is 10.3. The Hall–Kier alpha value is -1.37. The van der Waals surface area contributed by atoms with Crippen molar-refractivity contribution in [2.45, 2.75) is 27.2 Å². The van der Waals surface area contributed by atoms with Crippen molar-refractivity contribution in [1.29, 1.82) is 0 Å². The van der Waals surface area contributed by atoms with E-state index in [1.54, 1.807) is 0 Å². The minimum absolute atomic E-state index is 0.125. The van der Waals surface area contributed by atoms with Crippen LogP contribution in [0.1, 0.15) is 32.8 Å². The van der Waals surface area contributed by atoms with Gasteiger partial charge in [-0.05, 0) is 12.0 Å². The molecule has 0 aliphatic rings. The summed E-state index contributed by atoms with van der Waals surface area (Å²) in [6.07, 6.45) is 4.98. The van der Waals surface area contributed by atoms with Gasteiger partial charge in [0.05, 0.1) is 0 Å². The van der Waals surface area contributed by atoms with E-state index in [9.17, 15) is 4.79 Å². The van der Waals surface area contributed by atoms with E-state index in [1.807, 2.05) is 39.0 Å². The lowest BCUT2D eigenvalue weighted by atomic mass is 9.94. The van der Waals surface area contributed by atoms with Crippen LogP contribution in [0.5, 0.6) is 0 Å². The van der Waals surface area contributed by atoms with Gasteiger partial charge in [-0.25, -0.2) is 0 Å². The third kappa shape index (κ3) is 4.01. The van der Waals surface area contributed by atoms with Gasteiger partial charge in [-0.2, -0.15) is 0 Å². The molecule has 1 aromatic rings. The van der Waals surface area contributed by atoms with Gasteiger partial charge in [-0.3, -0.25) is 4.79 Å². The molecule has 0 bridgehead atoms. The number of carbonyl (C=O) groups excluding carboxylic acids is 1. The van der Waals surface area contributed by atoms with Crippen LogP contribution in [0.15, 0.2) is 36.4 Å². The Morgan fingerprint density at radius 2 is 1.81 bits per heavy atom. The van der Waals surface area contributed by atoms with Crippen molar-refractivity contribution >= 4 is 11.9 Å². The molecule has 1 unspecified atom stereocenters. The van der Waals surface area contributed by atoms with Gasteiger partial charge in [-0.1, -0.05) is 63.3 Å². The second-order valence-electron chi connectivity index (χ2n) is 4.51. The summed E-state index contributed by atoms with van der Waals surface area (Å²) < 4.78 is 0. The van der Waals surface area contributed by atoms with Crippen molar-refractivity contribution < 1.29 is 4.79 Å². The van der Waals surface area contributed by atoms with E-state index in [0.29, 0.717) is 5.78 Å². The summed E-state index contributed by atoms with van der Waals surface area (Å²) in [7, 11) is 0. The third-order valence-electron chi connectivity index (χ3n) is 2.65. The fraction of sp³-hybridized carbons (Fsp3) is 0.400. The summed E-state index contributed by atoms with van der Waals surface area (Å²) in [4.78, 5) is 11.7. The fourth-order valence-electron chi connectivity index (χ4n) is 1.66. The van der Waals surface area contributed by atoms with E-state index in [1.165, 1.54) is 5.56 Å². The molecule has 1 nitrogen and oxygen atoms in total. The number of carbonyl (C=O) groups is 1. The van der Waals surface area contributed by atoms with Crippen LogP contribution in [-0.2, 0) is 4.79 Å². The number of hydrogen-bond donors (Lipinski definition) is 0.